The van der Waals surface area contributed by atoms with Gasteiger partial charge in [0.2, 0.25) is 0 Å². The number of quaternary nitrogens is 1. The molecule has 0 N–H and O–H groups in total. The van der Waals surface area contributed by atoms with E-state index in [1.54, 1.807) is 21.0 Å². The van der Waals surface area contributed by atoms with Crippen LogP contribution in [0.1, 0.15) is 19.8 Å². The Morgan fingerprint density at radius 2 is 1.87 bits per heavy atom. The highest BCUT2D eigenvalue weighted by Crippen LogP contribution is 2.04. The Balaban J connectivity index is 3.89. The summed E-state index contributed by atoms with van der Waals surface area (Å²) in [6, 6.07) is 0. The molecule has 0 amide bonds. The molecule has 15 heavy (non-hydrogen) atoms. The molecular weight excluding hydrogens is 194 g/mol. The third kappa shape index (κ3) is 6.85. The molecule has 0 saturated carbocycles. The van der Waals surface area contributed by atoms with E-state index in [0.717, 1.165) is 0 Å². The van der Waals surface area contributed by atoms with Crippen molar-refractivity contribution in [3.8, 4) is 0 Å². The van der Waals surface area contributed by atoms with Crippen LogP contribution in [0.4, 0.5) is 0 Å². The van der Waals surface area contributed by atoms with Crippen LogP contribution < -0.4 is 5.11 Å². The van der Waals surface area contributed by atoms with Gasteiger partial charge in [-0.1, -0.05) is 6.58 Å². The zero-order valence-corrected chi connectivity index (χ0v) is 9.71. The van der Waals surface area contributed by atoms with Crippen LogP contribution >= 0.6 is 0 Å². The number of carbonyl (C=O) groups excluding carboxylic acids is 2. The van der Waals surface area contributed by atoms with Crippen LogP contribution in [0.15, 0.2) is 12.2 Å². The van der Waals surface area contributed by atoms with Crippen LogP contribution in [-0.2, 0) is 9.59 Å². The summed E-state index contributed by atoms with van der Waals surface area (Å²) in [6.45, 7) is 5.86. The number of nitrogens with zero attached hydrogens (tertiary/aromatic N) is 1. The van der Waals surface area contributed by atoms with Crippen LogP contribution in [-0.4, -0.2) is 43.4 Å². The van der Waals surface area contributed by atoms with E-state index in [4.69, 9.17) is 0 Å². The number of aliphatic carboxylic acids is 1. The lowest BCUT2D eigenvalue weighted by Crippen LogP contribution is -2.48. The van der Waals surface area contributed by atoms with E-state index in [0.29, 0.717) is 29.4 Å². The summed E-state index contributed by atoms with van der Waals surface area (Å²) < 4.78 is 0.339. The maximum Gasteiger partial charge on any atom is 0.158 e. The van der Waals surface area contributed by atoms with Crippen molar-refractivity contribution in [3.63, 3.8) is 0 Å². The maximum absolute atomic E-state index is 11.2. The number of allylic oxidation sites excluding steroid dienone is 1. The number of Topliss-reactive ketones (excluding diaryl/α,β-unsaturated/α-hetero) is 1. The Hall–Kier alpha value is -1.16. The summed E-state index contributed by atoms with van der Waals surface area (Å²) in [4.78, 5) is 21.6. The normalized spacial score (nSPS) is 11.1. The fraction of sp³-hybridized carbons (Fsp3) is 0.636. The van der Waals surface area contributed by atoms with Crippen molar-refractivity contribution < 1.29 is 19.2 Å². The first-order chi connectivity index (χ1) is 6.74. The van der Waals surface area contributed by atoms with E-state index >= 15 is 0 Å². The molecule has 0 unspecified atom stereocenters. The van der Waals surface area contributed by atoms with Crippen LogP contribution in [0, 0.1) is 0 Å². The van der Waals surface area contributed by atoms with Crippen LogP contribution in [0.5, 0.6) is 0 Å². The number of carboxylic acid groups (broad SMARTS) is 1. The highest BCUT2D eigenvalue weighted by atomic mass is 16.4. The molecule has 0 radical (unpaired) electrons. The molecule has 0 aliphatic heterocycles. The van der Waals surface area contributed by atoms with E-state index in [-0.39, 0.29) is 12.3 Å². The van der Waals surface area contributed by atoms with Gasteiger partial charge >= 0.3 is 0 Å². The lowest BCUT2D eigenvalue weighted by Gasteiger charge is -2.29. The Bertz CT molecular complexity index is 269. The van der Waals surface area contributed by atoms with Gasteiger partial charge in [-0.05, 0) is 12.5 Å². The molecule has 0 aromatic rings. The Morgan fingerprint density at radius 3 is 2.27 bits per heavy atom. The monoisotopic (exact) mass is 213 g/mol. The van der Waals surface area contributed by atoms with Crippen molar-refractivity contribution in [1.82, 2.24) is 0 Å². The molecular formula is C11H19NO3. The van der Waals surface area contributed by atoms with Crippen LogP contribution in [0.3, 0.4) is 0 Å². The Labute approximate surface area is 90.8 Å². The highest BCUT2D eigenvalue weighted by molar-refractivity contribution is 5.93. The molecule has 0 aliphatic rings. The van der Waals surface area contributed by atoms with Gasteiger partial charge in [0.05, 0.1) is 26.6 Å². The number of hydrogen-bond acceptors (Lipinski definition) is 3. The van der Waals surface area contributed by atoms with Gasteiger partial charge in [-0.2, -0.15) is 0 Å². The minimum atomic E-state index is -1.06. The van der Waals surface area contributed by atoms with Crippen LogP contribution in [0.25, 0.3) is 0 Å². The number of rotatable bonds is 7. The number of hydrogen-bond donors (Lipinski definition) is 0. The first-order valence-corrected chi connectivity index (χ1v) is 4.95. The van der Waals surface area contributed by atoms with E-state index in [1.807, 2.05) is 0 Å². The van der Waals surface area contributed by atoms with Gasteiger partial charge in [0, 0.05) is 12.8 Å². The molecule has 0 spiro atoms. The summed E-state index contributed by atoms with van der Waals surface area (Å²) in [5.41, 5.74) is 0.556. The molecule has 0 bridgehead atoms. The third-order valence-corrected chi connectivity index (χ3v) is 2.20. The largest absolute Gasteiger partial charge is 0.544 e. The lowest BCUT2D eigenvalue weighted by atomic mass is 10.1. The van der Waals surface area contributed by atoms with Crippen molar-refractivity contribution in [2.45, 2.75) is 19.8 Å². The maximum atomic E-state index is 11.2. The van der Waals surface area contributed by atoms with Gasteiger partial charge in [-0.15, -0.1) is 0 Å². The molecule has 0 atom stereocenters. The number of carboxylic acids is 1. The van der Waals surface area contributed by atoms with Crippen molar-refractivity contribution in [1.29, 1.82) is 0 Å². The molecule has 0 fully saturated rings. The molecule has 0 aromatic carbocycles. The molecule has 0 rings (SSSR count). The third-order valence-electron chi connectivity index (χ3n) is 2.20. The van der Waals surface area contributed by atoms with Gasteiger partial charge in [0.25, 0.3) is 0 Å². The first-order valence-electron chi connectivity index (χ1n) is 4.95. The van der Waals surface area contributed by atoms with E-state index < -0.39 is 5.97 Å². The zero-order valence-electron chi connectivity index (χ0n) is 9.71. The van der Waals surface area contributed by atoms with Crippen LogP contribution in [0.2, 0.25) is 0 Å². The first kappa shape index (κ1) is 13.8. The lowest BCUT2D eigenvalue weighted by molar-refractivity contribution is -0.884. The minimum Gasteiger partial charge on any atom is -0.544 e. The second-order valence-electron chi connectivity index (χ2n) is 4.50. The molecule has 0 aromatic heterocycles. The topological polar surface area (TPSA) is 57.2 Å². The minimum absolute atomic E-state index is 0.0265. The summed E-state index contributed by atoms with van der Waals surface area (Å²) in [5.74, 6) is -1.02. The van der Waals surface area contributed by atoms with Gasteiger partial charge in [-0.3, -0.25) is 4.79 Å². The second-order valence-corrected chi connectivity index (χ2v) is 4.50. The average Bonchev–Trinajstić information content (AvgIpc) is 2.00. The van der Waals surface area contributed by atoms with Crippen molar-refractivity contribution in [2.24, 2.45) is 0 Å². The predicted octanol–water partition coefficient (Wildman–Crippen LogP) is -0.262. The summed E-state index contributed by atoms with van der Waals surface area (Å²) in [5, 5.41) is 10.4. The number of likely N-dealkylation sites (N-methyl/N-ethyl adjacent to an activating group) is 1. The standard InChI is InChI=1S/C11H19NO3/c1-9(2)10(13)6-5-7-12(3,4)8-11(14)15/h1,5-8H2,2-4H3. The molecule has 86 valence electrons. The van der Waals surface area contributed by atoms with Crippen molar-refractivity contribution in [2.75, 3.05) is 27.2 Å². The average molecular weight is 213 g/mol. The molecule has 0 heterocycles. The molecule has 0 aliphatic carbocycles. The van der Waals surface area contributed by atoms with Gasteiger partial charge in [0.1, 0.15) is 6.54 Å². The SMILES string of the molecule is C=C(C)C(=O)CCC[N+](C)(C)CC(=O)[O-]. The molecule has 4 nitrogen and oxygen atoms in total. The summed E-state index contributed by atoms with van der Waals surface area (Å²) in [7, 11) is 3.61. The zero-order chi connectivity index (χ0) is 12.1. The Morgan fingerprint density at radius 1 is 1.33 bits per heavy atom. The van der Waals surface area contributed by atoms with Gasteiger partial charge < -0.3 is 14.4 Å². The summed E-state index contributed by atoms with van der Waals surface area (Å²) in [6.07, 6.45) is 1.11. The number of ketones is 1. The molecule has 0 saturated heterocycles. The van der Waals surface area contributed by atoms with Crippen molar-refractivity contribution >= 4 is 11.8 Å². The quantitative estimate of drug-likeness (QED) is 0.432. The van der Waals surface area contributed by atoms with Gasteiger partial charge in [0.15, 0.2) is 5.78 Å². The van der Waals surface area contributed by atoms with E-state index in [9.17, 15) is 14.7 Å². The van der Waals surface area contributed by atoms with E-state index in [2.05, 4.69) is 6.58 Å². The van der Waals surface area contributed by atoms with E-state index in [1.165, 1.54) is 0 Å². The van der Waals surface area contributed by atoms with Crippen molar-refractivity contribution in [3.05, 3.63) is 12.2 Å². The second kappa shape index (κ2) is 5.66. The summed E-state index contributed by atoms with van der Waals surface area (Å²) >= 11 is 0. The fourth-order valence-electron chi connectivity index (χ4n) is 1.31. The van der Waals surface area contributed by atoms with Gasteiger partial charge in [-0.25, -0.2) is 0 Å². The number of carbonyl (C=O) groups is 2. The molecule has 4 heteroatoms. The highest BCUT2D eigenvalue weighted by Gasteiger charge is 2.15. The predicted molar refractivity (Wildman–Crippen MR) is 55.9 cm³/mol. The smallest absolute Gasteiger partial charge is 0.158 e. The Kier molecular flexibility index (Phi) is 5.22. The fourth-order valence-corrected chi connectivity index (χ4v) is 1.31.